The molecular formula is C14H29NS. The van der Waals surface area contributed by atoms with Gasteiger partial charge in [0.15, 0.2) is 0 Å². The molecule has 0 heterocycles. The Hall–Kier alpha value is 0.310. The minimum Gasteiger partial charge on any atom is -0.316 e. The highest BCUT2D eigenvalue weighted by Gasteiger charge is 2.24. The van der Waals surface area contributed by atoms with Crippen molar-refractivity contribution in [2.24, 2.45) is 17.8 Å². The zero-order chi connectivity index (χ0) is 11.8. The molecule has 0 bridgehead atoms. The predicted molar refractivity (Wildman–Crippen MR) is 76.2 cm³/mol. The fraction of sp³-hybridized carbons (Fsp3) is 1.00. The van der Waals surface area contributed by atoms with Crippen LogP contribution in [0.2, 0.25) is 0 Å². The van der Waals surface area contributed by atoms with Crippen molar-refractivity contribution in [2.45, 2.75) is 52.4 Å². The lowest BCUT2D eigenvalue weighted by Gasteiger charge is -2.32. The maximum atomic E-state index is 4.19. The summed E-state index contributed by atoms with van der Waals surface area (Å²) in [6.45, 7) is 7.10. The second-order valence-electron chi connectivity index (χ2n) is 5.62. The molecular weight excluding hydrogens is 214 g/mol. The summed E-state index contributed by atoms with van der Waals surface area (Å²) in [5.74, 6) is 3.91. The molecule has 0 aromatic carbocycles. The average molecular weight is 243 g/mol. The third kappa shape index (κ3) is 5.58. The first-order valence-corrected chi connectivity index (χ1v) is 7.69. The SMILES string of the molecule is C[C@@H]1CC[C@H](CCCCNCCS)[C@H](C)C1. The number of rotatable bonds is 7. The number of thiol groups is 1. The first kappa shape index (κ1) is 14.4. The molecule has 0 aromatic heterocycles. The van der Waals surface area contributed by atoms with Gasteiger partial charge in [-0.2, -0.15) is 12.6 Å². The van der Waals surface area contributed by atoms with Crippen LogP contribution in [0.4, 0.5) is 0 Å². The van der Waals surface area contributed by atoms with Crippen LogP contribution < -0.4 is 5.32 Å². The quantitative estimate of drug-likeness (QED) is 0.513. The van der Waals surface area contributed by atoms with Crippen molar-refractivity contribution < 1.29 is 0 Å². The zero-order valence-corrected chi connectivity index (χ0v) is 11.9. The Morgan fingerprint density at radius 2 is 1.94 bits per heavy atom. The molecule has 0 saturated heterocycles. The van der Waals surface area contributed by atoms with Crippen LogP contribution in [0.1, 0.15) is 52.4 Å². The molecule has 2 heteroatoms. The van der Waals surface area contributed by atoms with Gasteiger partial charge in [-0.3, -0.25) is 0 Å². The van der Waals surface area contributed by atoms with E-state index in [4.69, 9.17) is 0 Å². The summed E-state index contributed by atoms with van der Waals surface area (Å²) in [7, 11) is 0. The van der Waals surface area contributed by atoms with Crippen LogP contribution >= 0.6 is 12.6 Å². The number of hydrogen-bond donors (Lipinski definition) is 2. The van der Waals surface area contributed by atoms with E-state index in [9.17, 15) is 0 Å². The minimum atomic E-state index is 0.956. The molecule has 0 aliphatic heterocycles. The largest absolute Gasteiger partial charge is 0.316 e. The standard InChI is InChI=1S/C14H29NS/c1-12-6-7-14(13(2)11-12)5-3-4-8-15-9-10-16/h12-16H,3-11H2,1-2H3/t12-,13-,14+/m1/s1. The van der Waals surface area contributed by atoms with Gasteiger partial charge < -0.3 is 5.32 Å². The Bertz CT molecular complexity index is 172. The van der Waals surface area contributed by atoms with E-state index in [1.54, 1.807) is 0 Å². The van der Waals surface area contributed by atoms with Crippen molar-refractivity contribution in [1.82, 2.24) is 5.32 Å². The Kier molecular flexibility index (Phi) is 7.55. The van der Waals surface area contributed by atoms with E-state index in [0.717, 1.165) is 30.1 Å². The first-order chi connectivity index (χ1) is 7.74. The molecule has 0 aromatic rings. The fourth-order valence-electron chi connectivity index (χ4n) is 3.02. The van der Waals surface area contributed by atoms with Gasteiger partial charge in [-0.25, -0.2) is 0 Å². The van der Waals surface area contributed by atoms with Gasteiger partial charge in [-0.1, -0.05) is 33.1 Å². The van der Waals surface area contributed by atoms with Gasteiger partial charge in [0.1, 0.15) is 0 Å². The third-order valence-corrected chi connectivity index (χ3v) is 4.30. The lowest BCUT2D eigenvalue weighted by atomic mass is 9.74. The summed E-state index contributed by atoms with van der Waals surface area (Å²) in [5, 5.41) is 3.41. The van der Waals surface area contributed by atoms with Crippen LogP contribution in [0.3, 0.4) is 0 Å². The van der Waals surface area contributed by atoms with Crippen molar-refractivity contribution in [3.8, 4) is 0 Å². The molecule has 0 unspecified atom stereocenters. The molecule has 1 rings (SSSR count). The van der Waals surface area contributed by atoms with Gasteiger partial charge in [-0.15, -0.1) is 0 Å². The normalized spacial score (nSPS) is 30.6. The van der Waals surface area contributed by atoms with E-state index in [1.165, 1.54) is 45.1 Å². The van der Waals surface area contributed by atoms with E-state index in [1.807, 2.05) is 0 Å². The van der Waals surface area contributed by atoms with Crippen molar-refractivity contribution in [1.29, 1.82) is 0 Å². The molecule has 96 valence electrons. The summed E-state index contributed by atoms with van der Waals surface area (Å²) in [4.78, 5) is 0. The second kappa shape index (κ2) is 8.41. The smallest absolute Gasteiger partial charge is 0.00397 e. The highest BCUT2D eigenvalue weighted by Crippen LogP contribution is 2.35. The van der Waals surface area contributed by atoms with E-state index in [-0.39, 0.29) is 0 Å². The van der Waals surface area contributed by atoms with E-state index < -0.39 is 0 Å². The second-order valence-corrected chi connectivity index (χ2v) is 6.07. The first-order valence-electron chi connectivity index (χ1n) is 7.05. The molecule has 1 saturated carbocycles. The Balaban J connectivity index is 2.00. The maximum Gasteiger partial charge on any atom is 0.00397 e. The van der Waals surface area contributed by atoms with Gasteiger partial charge >= 0.3 is 0 Å². The van der Waals surface area contributed by atoms with Crippen LogP contribution in [-0.4, -0.2) is 18.8 Å². The Labute approximate surface area is 107 Å². The molecule has 1 nitrogen and oxygen atoms in total. The lowest BCUT2D eigenvalue weighted by molar-refractivity contribution is 0.191. The van der Waals surface area contributed by atoms with Gasteiger partial charge in [-0.05, 0) is 43.6 Å². The van der Waals surface area contributed by atoms with E-state index >= 15 is 0 Å². The van der Waals surface area contributed by atoms with Crippen LogP contribution in [0.5, 0.6) is 0 Å². The van der Waals surface area contributed by atoms with Gasteiger partial charge in [0.2, 0.25) is 0 Å². The molecule has 0 spiro atoms. The Morgan fingerprint density at radius 1 is 1.12 bits per heavy atom. The molecule has 1 N–H and O–H groups in total. The van der Waals surface area contributed by atoms with Gasteiger partial charge in [0.25, 0.3) is 0 Å². The third-order valence-electron chi connectivity index (χ3n) is 4.08. The van der Waals surface area contributed by atoms with Crippen LogP contribution in [0, 0.1) is 17.8 Å². The lowest BCUT2D eigenvalue weighted by Crippen LogP contribution is -2.22. The molecule has 1 aliphatic rings. The summed E-state index contributed by atoms with van der Waals surface area (Å²) >= 11 is 4.19. The van der Waals surface area contributed by atoms with Crippen LogP contribution in [0.15, 0.2) is 0 Å². The fourth-order valence-corrected chi connectivity index (χ4v) is 3.18. The van der Waals surface area contributed by atoms with Crippen molar-refractivity contribution >= 4 is 12.6 Å². The maximum absolute atomic E-state index is 4.19. The van der Waals surface area contributed by atoms with Crippen LogP contribution in [-0.2, 0) is 0 Å². The number of hydrogen-bond acceptors (Lipinski definition) is 2. The van der Waals surface area contributed by atoms with Crippen molar-refractivity contribution in [2.75, 3.05) is 18.8 Å². The highest BCUT2D eigenvalue weighted by molar-refractivity contribution is 7.80. The molecule has 3 atom stereocenters. The highest BCUT2D eigenvalue weighted by atomic mass is 32.1. The summed E-state index contributed by atoms with van der Waals surface area (Å²) in [5.41, 5.74) is 0. The monoisotopic (exact) mass is 243 g/mol. The zero-order valence-electron chi connectivity index (χ0n) is 11.0. The summed E-state index contributed by atoms with van der Waals surface area (Å²) < 4.78 is 0. The molecule has 16 heavy (non-hydrogen) atoms. The average Bonchev–Trinajstić information content (AvgIpc) is 2.26. The number of nitrogens with one attached hydrogen (secondary N) is 1. The topological polar surface area (TPSA) is 12.0 Å². The summed E-state index contributed by atoms with van der Waals surface area (Å²) in [6, 6.07) is 0. The predicted octanol–water partition coefficient (Wildman–Crippen LogP) is 3.75. The molecule has 0 amide bonds. The molecule has 0 radical (unpaired) electrons. The van der Waals surface area contributed by atoms with Crippen LogP contribution in [0.25, 0.3) is 0 Å². The van der Waals surface area contributed by atoms with E-state index in [2.05, 4.69) is 31.8 Å². The van der Waals surface area contributed by atoms with E-state index in [0.29, 0.717) is 0 Å². The number of unbranched alkanes of at least 4 members (excludes halogenated alkanes) is 1. The molecule has 1 fully saturated rings. The van der Waals surface area contributed by atoms with Crippen molar-refractivity contribution in [3.05, 3.63) is 0 Å². The minimum absolute atomic E-state index is 0.956. The van der Waals surface area contributed by atoms with Gasteiger partial charge in [0.05, 0.1) is 0 Å². The Morgan fingerprint density at radius 3 is 2.62 bits per heavy atom. The van der Waals surface area contributed by atoms with Crippen molar-refractivity contribution in [3.63, 3.8) is 0 Å². The van der Waals surface area contributed by atoms with Gasteiger partial charge in [0, 0.05) is 12.3 Å². The molecule has 1 aliphatic carbocycles. The summed E-state index contributed by atoms with van der Waals surface area (Å²) in [6.07, 6.45) is 8.60.